The first-order valence-electron chi connectivity index (χ1n) is 15.1. The van der Waals surface area contributed by atoms with Crippen LogP contribution in [0.25, 0.3) is 11.3 Å². The van der Waals surface area contributed by atoms with Gasteiger partial charge in [-0.1, -0.05) is 12.6 Å². The highest BCUT2D eigenvalue weighted by Crippen LogP contribution is 2.36. The molecule has 11 nitrogen and oxygen atoms in total. The summed E-state index contributed by atoms with van der Waals surface area (Å²) in [4.78, 5) is 25.9. The maximum Gasteiger partial charge on any atom is 0.247 e. The van der Waals surface area contributed by atoms with Gasteiger partial charge < -0.3 is 40.0 Å². The van der Waals surface area contributed by atoms with Gasteiger partial charge in [-0.2, -0.15) is 0 Å². The van der Waals surface area contributed by atoms with Gasteiger partial charge in [-0.05, 0) is 60.7 Å². The maximum absolute atomic E-state index is 15.3. The molecule has 0 spiro atoms. The van der Waals surface area contributed by atoms with Gasteiger partial charge in [0, 0.05) is 48.8 Å². The lowest BCUT2D eigenvalue weighted by atomic mass is 10.1. The van der Waals surface area contributed by atoms with E-state index in [9.17, 15) is 4.79 Å². The van der Waals surface area contributed by atoms with Crippen molar-refractivity contribution in [2.45, 2.75) is 0 Å². The Morgan fingerprint density at radius 3 is 2.37 bits per heavy atom. The summed E-state index contributed by atoms with van der Waals surface area (Å²) < 4.78 is 31.7. The number of morpholine rings is 2. The molecule has 1 amide bonds. The van der Waals surface area contributed by atoms with Gasteiger partial charge in [-0.3, -0.25) is 4.79 Å². The fraction of sp³-hybridized carbons (Fsp3) is 0.265. The predicted molar refractivity (Wildman–Crippen MR) is 178 cm³/mol. The van der Waals surface area contributed by atoms with Crippen LogP contribution in [0.15, 0.2) is 79.5 Å². The fourth-order valence-electron chi connectivity index (χ4n) is 5.42. The SMILES string of the molecule is C=CC(=O)Nc1cc(-c2nc(Nc3cccc(N4CCOCC4)c3)ncc2Nc2ccc(N3CCOCC3)c(F)c2)ccc1OC. The summed E-state index contributed by atoms with van der Waals surface area (Å²) in [7, 11) is 1.53. The minimum absolute atomic E-state index is 0.341. The Balaban J connectivity index is 1.34. The zero-order chi connectivity index (χ0) is 31.9. The first kappa shape index (κ1) is 30.8. The van der Waals surface area contributed by atoms with E-state index in [1.54, 1.807) is 24.4 Å². The molecule has 0 radical (unpaired) electrons. The smallest absolute Gasteiger partial charge is 0.247 e. The molecule has 12 heteroatoms. The summed E-state index contributed by atoms with van der Waals surface area (Å²) >= 11 is 0. The molecule has 238 valence electrons. The van der Waals surface area contributed by atoms with Crippen molar-refractivity contribution in [2.75, 3.05) is 85.5 Å². The summed E-state index contributed by atoms with van der Waals surface area (Å²) in [5.41, 5.74) is 5.14. The number of nitrogens with one attached hydrogen (secondary N) is 3. The summed E-state index contributed by atoms with van der Waals surface area (Å²) in [6.45, 7) is 8.96. The molecular weight excluding hydrogens is 589 g/mol. The molecule has 2 saturated heterocycles. The second-order valence-corrected chi connectivity index (χ2v) is 10.7. The molecule has 0 aliphatic carbocycles. The number of halogens is 1. The van der Waals surface area contributed by atoms with Gasteiger partial charge in [0.1, 0.15) is 11.6 Å². The average Bonchev–Trinajstić information content (AvgIpc) is 3.10. The molecule has 0 atom stereocenters. The van der Waals surface area contributed by atoms with Crippen molar-refractivity contribution in [3.63, 3.8) is 0 Å². The summed E-state index contributed by atoms with van der Waals surface area (Å²) in [6.07, 6.45) is 2.84. The molecule has 3 heterocycles. The van der Waals surface area contributed by atoms with E-state index >= 15 is 4.39 Å². The number of benzene rings is 3. The van der Waals surface area contributed by atoms with Crippen LogP contribution < -0.4 is 30.5 Å². The predicted octanol–water partition coefficient (Wildman–Crippen LogP) is 5.58. The second kappa shape index (κ2) is 14.3. The number of ether oxygens (including phenoxy) is 3. The van der Waals surface area contributed by atoms with Gasteiger partial charge in [0.2, 0.25) is 11.9 Å². The monoisotopic (exact) mass is 625 g/mol. The largest absolute Gasteiger partial charge is 0.495 e. The quantitative estimate of drug-likeness (QED) is 0.193. The molecule has 4 aromatic rings. The molecule has 0 saturated carbocycles. The molecule has 46 heavy (non-hydrogen) atoms. The zero-order valence-electron chi connectivity index (χ0n) is 25.6. The molecule has 3 aromatic carbocycles. The molecule has 1 aromatic heterocycles. The second-order valence-electron chi connectivity index (χ2n) is 10.7. The van der Waals surface area contributed by atoms with Gasteiger partial charge in [0.15, 0.2) is 0 Å². The lowest BCUT2D eigenvalue weighted by molar-refractivity contribution is -0.111. The molecule has 0 unspecified atom stereocenters. The lowest BCUT2D eigenvalue weighted by Gasteiger charge is -2.29. The molecule has 2 aliphatic rings. The Morgan fingerprint density at radius 1 is 0.913 bits per heavy atom. The topological polar surface area (TPSA) is 113 Å². The number of hydrogen-bond donors (Lipinski definition) is 3. The Bertz CT molecular complexity index is 1710. The van der Waals surface area contributed by atoms with Crippen molar-refractivity contribution >= 4 is 46.0 Å². The third-order valence-corrected chi connectivity index (χ3v) is 7.76. The van der Waals surface area contributed by atoms with E-state index in [2.05, 4.69) is 44.5 Å². The van der Waals surface area contributed by atoms with E-state index in [1.807, 2.05) is 29.2 Å². The number of hydrogen-bond acceptors (Lipinski definition) is 10. The number of methoxy groups -OCH3 is 1. The van der Waals surface area contributed by atoms with Crippen LogP contribution in [0.2, 0.25) is 0 Å². The highest BCUT2D eigenvalue weighted by molar-refractivity contribution is 6.00. The van der Waals surface area contributed by atoms with Crippen LogP contribution >= 0.6 is 0 Å². The average molecular weight is 626 g/mol. The lowest BCUT2D eigenvalue weighted by Crippen LogP contribution is -2.36. The van der Waals surface area contributed by atoms with Crippen molar-refractivity contribution < 1.29 is 23.4 Å². The zero-order valence-corrected chi connectivity index (χ0v) is 25.6. The van der Waals surface area contributed by atoms with E-state index in [1.165, 1.54) is 19.3 Å². The number of amides is 1. The van der Waals surface area contributed by atoms with E-state index in [4.69, 9.17) is 19.2 Å². The Morgan fingerprint density at radius 2 is 1.65 bits per heavy atom. The molecule has 3 N–H and O–H groups in total. The van der Waals surface area contributed by atoms with Crippen molar-refractivity contribution in [3.05, 3.63) is 85.3 Å². The van der Waals surface area contributed by atoms with E-state index in [0.717, 1.165) is 24.5 Å². The van der Waals surface area contributed by atoms with Crippen molar-refractivity contribution in [1.82, 2.24) is 9.97 Å². The van der Waals surface area contributed by atoms with Crippen molar-refractivity contribution in [2.24, 2.45) is 0 Å². The summed E-state index contributed by atoms with van der Waals surface area (Å²) in [5.74, 6) is 0.115. The van der Waals surface area contributed by atoms with Crippen LogP contribution in [-0.2, 0) is 14.3 Å². The van der Waals surface area contributed by atoms with Gasteiger partial charge in [0.05, 0.1) is 62.5 Å². The third kappa shape index (κ3) is 7.19. The molecule has 6 rings (SSSR count). The number of nitrogens with zero attached hydrogens (tertiary/aromatic N) is 4. The van der Waals surface area contributed by atoms with Gasteiger partial charge >= 0.3 is 0 Å². The number of aromatic nitrogens is 2. The van der Waals surface area contributed by atoms with E-state index in [-0.39, 0.29) is 11.7 Å². The van der Waals surface area contributed by atoms with Crippen LogP contribution in [0, 0.1) is 5.82 Å². The normalized spacial score (nSPS) is 14.8. The number of carbonyl (C=O) groups is 1. The third-order valence-electron chi connectivity index (χ3n) is 7.76. The van der Waals surface area contributed by atoms with Gasteiger partial charge in [0.25, 0.3) is 0 Å². The van der Waals surface area contributed by atoms with Gasteiger partial charge in [-0.25, -0.2) is 14.4 Å². The van der Waals surface area contributed by atoms with Crippen LogP contribution in [0.3, 0.4) is 0 Å². The summed E-state index contributed by atoms with van der Waals surface area (Å²) in [6, 6.07) is 18.4. The first-order chi connectivity index (χ1) is 22.5. The Labute approximate surface area is 267 Å². The minimum Gasteiger partial charge on any atom is -0.495 e. The molecule has 2 aliphatic heterocycles. The Hall–Kier alpha value is -5.20. The number of anilines is 7. The summed E-state index contributed by atoms with van der Waals surface area (Å²) in [5, 5.41) is 9.41. The number of rotatable bonds is 10. The van der Waals surface area contributed by atoms with Crippen molar-refractivity contribution in [1.29, 1.82) is 0 Å². The molecule has 0 bridgehead atoms. The fourth-order valence-corrected chi connectivity index (χ4v) is 5.42. The Kier molecular flexibility index (Phi) is 9.56. The molecule has 2 fully saturated rings. The van der Waals surface area contributed by atoms with Crippen molar-refractivity contribution in [3.8, 4) is 17.0 Å². The molecular formula is C34H36FN7O4. The van der Waals surface area contributed by atoms with E-state index < -0.39 is 0 Å². The van der Waals surface area contributed by atoms with Crippen LogP contribution in [0.4, 0.5) is 44.5 Å². The van der Waals surface area contributed by atoms with Crippen LogP contribution in [0.1, 0.15) is 0 Å². The highest BCUT2D eigenvalue weighted by atomic mass is 19.1. The van der Waals surface area contributed by atoms with E-state index in [0.29, 0.717) is 85.2 Å². The standard InChI is InChI=1S/C34H36FN7O4/c1-3-32(43)39-28-19-23(7-10-31(28)44-2)33-29(37-25-8-9-30(27(35)21-25)42-13-17-46-18-14-42)22-36-34(40-33)38-24-5-4-6-26(20-24)41-11-15-45-16-12-41/h3-10,19-22,37H,1,11-18H2,2H3,(H,39,43)(H,36,38,40). The van der Waals surface area contributed by atoms with Crippen LogP contribution in [0.5, 0.6) is 5.75 Å². The first-order valence-corrected chi connectivity index (χ1v) is 15.1. The maximum atomic E-state index is 15.3. The van der Waals surface area contributed by atoms with Crippen LogP contribution in [-0.4, -0.2) is 75.6 Å². The number of carbonyl (C=O) groups excluding carboxylic acids is 1. The highest BCUT2D eigenvalue weighted by Gasteiger charge is 2.18. The van der Waals surface area contributed by atoms with Gasteiger partial charge in [-0.15, -0.1) is 0 Å². The minimum atomic E-state index is -0.380.